The Morgan fingerprint density at radius 3 is 2.62 bits per heavy atom. The van der Waals surface area contributed by atoms with Crippen LogP contribution in [-0.4, -0.2) is 33.7 Å². The van der Waals surface area contributed by atoms with Gasteiger partial charge in [0.05, 0.1) is 0 Å². The number of carbonyl (C=O) groups is 1. The van der Waals surface area contributed by atoms with Gasteiger partial charge in [0.15, 0.2) is 0 Å². The molecule has 3 heteroatoms. The third-order valence-electron chi connectivity index (χ3n) is 0.471. The SMILES string of the molecule is O=C/C=C([Te])/C=C\O. The zero-order valence-electron chi connectivity index (χ0n) is 4.07. The van der Waals surface area contributed by atoms with Crippen molar-refractivity contribution in [2.75, 3.05) is 0 Å². The van der Waals surface area contributed by atoms with Gasteiger partial charge in [0.1, 0.15) is 0 Å². The number of aldehydes is 1. The molecule has 0 aromatic heterocycles. The van der Waals surface area contributed by atoms with Gasteiger partial charge in [-0.2, -0.15) is 0 Å². The fourth-order valence-electron chi connectivity index (χ4n) is 0.196. The molecule has 0 aliphatic heterocycles. The van der Waals surface area contributed by atoms with Crippen LogP contribution in [0, 0.1) is 0 Å². The van der Waals surface area contributed by atoms with Gasteiger partial charge in [-0.3, -0.25) is 0 Å². The van der Waals surface area contributed by atoms with Crippen molar-refractivity contribution in [1.29, 1.82) is 0 Å². The predicted octanol–water partition coefficient (Wildman–Crippen LogP) is 0.309. The van der Waals surface area contributed by atoms with Gasteiger partial charge < -0.3 is 0 Å². The van der Waals surface area contributed by atoms with Crippen molar-refractivity contribution < 1.29 is 9.90 Å². The molecule has 0 aliphatic rings. The fourth-order valence-corrected chi connectivity index (χ4v) is 0.528. The first kappa shape index (κ1) is 7.74. The maximum atomic E-state index is 9.70. The summed E-state index contributed by atoms with van der Waals surface area (Å²) in [4.78, 5) is 9.70. The van der Waals surface area contributed by atoms with Crippen LogP contribution in [-0.2, 0) is 4.79 Å². The van der Waals surface area contributed by atoms with Crippen LogP contribution in [0.1, 0.15) is 0 Å². The molecule has 0 heterocycles. The van der Waals surface area contributed by atoms with E-state index in [-0.39, 0.29) is 0 Å². The van der Waals surface area contributed by atoms with E-state index in [0.29, 0.717) is 6.29 Å². The van der Waals surface area contributed by atoms with Crippen molar-refractivity contribution in [3.8, 4) is 0 Å². The van der Waals surface area contributed by atoms with Gasteiger partial charge in [0, 0.05) is 0 Å². The van der Waals surface area contributed by atoms with E-state index < -0.39 is 0 Å². The number of allylic oxidation sites excluding steroid dienone is 3. The Morgan fingerprint density at radius 1 is 1.62 bits per heavy atom. The van der Waals surface area contributed by atoms with Crippen LogP contribution in [0.2, 0.25) is 0 Å². The average molecular weight is 225 g/mol. The maximum absolute atomic E-state index is 9.70. The molecule has 1 radical (unpaired) electrons. The molecule has 0 unspecified atom stereocenters. The van der Waals surface area contributed by atoms with Crippen molar-refractivity contribution in [2.24, 2.45) is 0 Å². The second kappa shape index (κ2) is 4.89. The molecule has 43 valence electrons. The summed E-state index contributed by atoms with van der Waals surface area (Å²) in [5, 5.41) is 8.13. The molecule has 0 rings (SSSR count). The molecule has 0 bridgehead atoms. The first-order valence-electron chi connectivity index (χ1n) is 1.94. The normalized spacial score (nSPS) is 12.2. The molecule has 0 aromatic rings. The number of carbonyl (C=O) groups excluding carboxylic acids is 1. The van der Waals surface area contributed by atoms with Crippen molar-refractivity contribution >= 4 is 28.6 Å². The summed E-state index contributed by atoms with van der Waals surface area (Å²) < 4.78 is 0.748. The van der Waals surface area contributed by atoms with Crippen molar-refractivity contribution in [3.63, 3.8) is 0 Å². The number of aliphatic hydroxyl groups is 1. The molecule has 0 spiro atoms. The average Bonchev–Trinajstić information content (AvgIpc) is 1.68. The van der Waals surface area contributed by atoms with E-state index in [4.69, 9.17) is 5.11 Å². The van der Waals surface area contributed by atoms with Crippen molar-refractivity contribution in [1.82, 2.24) is 0 Å². The third-order valence-corrected chi connectivity index (χ3v) is 1.25. The van der Waals surface area contributed by atoms with E-state index in [1.165, 1.54) is 12.2 Å². The molecule has 1 N–H and O–H groups in total. The second-order valence-corrected chi connectivity index (χ2v) is 2.37. The van der Waals surface area contributed by atoms with Gasteiger partial charge in [0.2, 0.25) is 0 Å². The topological polar surface area (TPSA) is 37.3 Å². The van der Waals surface area contributed by atoms with E-state index in [0.717, 1.165) is 9.88 Å². The van der Waals surface area contributed by atoms with Crippen molar-refractivity contribution in [3.05, 3.63) is 22.0 Å². The molecule has 0 fully saturated rings. The van der Waals surface area contributed by atoms with Crippen LogP contribution in [0.5, 0.6) is 0 Å². The summed E-state index contributed by atoms with van der Waals surface area (Å²) in [6.07, 6.45) is 4.39. The molecule has 0 aromatic carbocycles. The van der Waals surface area contributed by atoms with Crippen LogP contribution in [0.3, 0.4) is 0 Å². The minimum absolute atomic E-state index is 0.678. The van der Waals surface area contributed by atoms with Crippen LogP contribution in [0.4, 0.5) is 0 Å². The van der Waals surface area contributed by atoms with Gasteiger partial charge >= 0.3 is 60.5 Å². The minimum atomic E-state index is 0.678. The Bertz CT molecular complexity index is 126. The van der Waals surface area contributed by atoms with Gasteiger partial charge in [-0.15, -0.1) is 0 Å². The van der Waals surface area contributed by atoms with E-state index in [2.05, 4.69) is 0 Å². The Balaban J connectivity index is 3.79. The zero-order chi connectivity index (χ0) is 6.41. The van der Waals surface area contributed by atoms with E-state index in [1.54, 1.807) is 22.3 Å². The standard InChI is InChI=1S/C5H5O2Te/c6-3-1-5(8)2-4-7/h1-4,6H/b3-1-,5-2-. The molecule has 0 amide bonds. The third kappa shape index (κ3) is 3.91. The monoisotopic (exact) mass is 227 g/mol. The number of aliphatic hydroxyl groups excluding tert-OH is 1. The molecular weight excluding hydrogens is 220 g/mol. The summed E-state index contributed by atoms with van der Waals surface area (Å²) in [5.74, 6) is 0. The van der Waals surface area contributed by atoms with E-state index >= 15 is 0 Å². The molecule has 2 nitrogen and oxygen atoms in total. The Hall–Kier alpha value is -0.260. The molecule has 8 heavy (non-hydrogen) atoms. The Labute approximate surface area is 60.8 Å². The van der Waals surface area contributed by atoms with Gasteiger partial charge in [-0.05, 0) is 0 Å². The van der Waals surface area contributed by atoms with Gasteiger partial charge in [-0.25, -0.2) is 0 Å². The predicted molar refractivity (Wildman–Crippen MR) is 31.7 cm³/mol. The Kier molecular flexibility index (Phi) is 4.73. The summed E-state index contributed by atoms with van der Waals surface area (Å²) in [7, 11) is 0. The first-order valence-corrected chi connectivity index (χ1v) is 3.11. The van der Waals surface area contributed by atoms with Gasteiger partial charge in [0.25, 0.3) is 0 Å². The summed E-state index contributed by atoms with van der Waals surface area (Å²) in [6.45, 7) is 0. The summed E-state index contributed by atoms with van der Waals surface area (Å²) in [5.41, 5.74) is 0. The van der Waals surface area contributed by atoms with Crippen LogP contribution in [0.25, 0.3) is 0 Å². The molecule has 0 atom stereocenters. The number of hydrogen-bond acceptors (Lipinski definition) is 2. The molecule has 0 saturated heterocycles. The zero-order valence-corrected chi connectivity index (χ0v) is 6.40. The van der Waals surface area contributed by atoms with E-state index in [1.807, 2.05) is 0 Å². The van der Waals surface area contributed by atoms with Crippen molar-refractivity contribution in [2.45, 2.75) is 0 Å². The fraction of sp³-hybridized carbons (Fsp3) is 0. The number of rotatable bonds is 2. The quantitative estimate of drug-likeness (QED) is 0.241. The summed E-state index contributed by atoms with van der Waals surface area (Å²) >= 11 is 1.66. The first-order chi connectivity index (χ1) is 3.81. The van der Waals surface area contributed by atoms with Crippen LogP contribution in [0.15, 0.2) is 22.0 Å². The van der Waals surface area contributed by atoms with Gasteiger partial charge in [-0.1, -0.05) is 0 Å². The van der Waals surface area contributed by atoms with Crippen LogP contribution >= 0.6 is 0 Å². The second-order valence-electron chi connectivity index (χ2n) is 1.02. The Morgan fingerprint density at radius 2 is 2.25 bits per heavy atom. The molecular formula is C5H5O2Te. The number of hydrogen-bond donors (Lipinski definition) is 1. The van der Waals surface area contributed by atoms with E-state index in [9.17, 15) is 4.79 Å². The van der Waals surface area contributed by atoms with Crippen LogP contribution < -0.4 is 0 Å². The summed E-state index contributed by atoms with van der Waals surface area (Å²) in [6, 6.07) is 0. The molecule has 0 aliphatic carbocycles. The molecule has 0 saturated carbocycles.